The number of alkyl halides is 1. The first-order valence-corrected chi connectivity index (χ1v) is 11.2. The van der Waals surface area contributed by atoms with E-state index < -0.39 is 5.60 Å². The molecule has 1 aromatic carbocycles. The number of nitrogens with zero attached hydrogens (tertiary/aromatic N) is 1. The lowest BCUT2D eigenvalue weighted by molar-refractivity contribution is 0.00721. The van der Waals surface area contributed by atoms with Crippen LogP contribution in [0.4, 0.5) is 0 Å². The number of hydrogen-bond acceptors (Lipinski definition) is 5. The zero-order valence-electron chi connectivity index (χ0n) is 16.1. The molecule has 3 aromatic rings. The molecule has 0 spiro atoms. The summed E-state index contributed by atoms with van der Waals surface area (Å²) in [6, 6.07) is 7.54. The Hall–Kier alpha value is -1.63. The molecule has 28 heavy (non-hydrogen) atoms. The molecular formula is C21H21BrClNO3S. The predicted octanol–water partition coefficient (Wildman–Crippen LogP) is 6.65. The first-order valence-electron chi connectivity index (χ1n) is 8.80. The van der Waals surface area contributed by atoms with Crippen LogP contribution in [0.2, 0.25) is 5.02 Å². The minimum Gasteiger partial charge on any atom is -0.492 e. The SMILES string of the molecule is Cc1cc(-c2cc(Cl)ccc2OCCBr)c2scc(C(=O)OC(C)(C)C)c2n1. The van der Waals surface area contributed by atoms with Gasteiger partial charge in [-0.15, -0.1) is 11.3 Å². The lowest BCUT2D eigenvalue weighted by Gasteiger charge is -2.19. The molecule has 2 aromatic heterocycles. The zero-order chi connectivity index (χ0) is 20.5. The number of carbonyl (C=O) groups excluding carboxylic acids is 1. The molecule has 7 heteroatoms. The number of pyridine rings is 1. The van der Waals surface area contributed by atoms with Crippen molar-refractivity contribution in [3.63, 3.8) is 0 Å². The van der Waals surface area contributed by atoms with E-state index in [1.54, 1.807) is 11.4 Å². The molecule has 0 fully saturated rings. The van der Waals surface area contributed by atoms with Crippen LogP contribution < -0.4 is 4.74 Å². The van der Waals surface area contributed by atoms with E-state index in [1.165, 1.54) is 11.3 Å². The van der Waals surface area contributed by atoms with Crippen molar-refractivity contribution in [2.24, 2.45) is 0 Å². The van der Waals surface area contributed by atoms with Gasteiger partial charge in [-0.3, -0.25) is 4.98 Å². The molecule has 0 aliphatic rings. The minimum atomic E-state index is -0.568. The maximum absolute atomic E-state index is 12.7. The van der Waals surface area contributed by atoms with Gasteiger partial charge in [0.15, 0.2) is 0 Å². The van der Waals surface area contributed by atoms with Gasteiger partial charge in [0.25, 0.3) is 0 Å². The molecule has 2 heterocycles. The van der Waals surface area contributed by atoms with E-state index in [1.807, 2.05) is 45.9 Å². The van der Waals surface area contributed by atoms with E-state index in [0.29, 0.717) is 22.7 Å². The predicted molar refractivity (Wildman–Crippen MR) is 119 cm³/mol. The maximum Gasteiger partial charge on any atom is 0.341 e. The molecule has 0 radical (unpaired) electrons. The standard InChI is InChI=1S/C21H21BrClNO3S/c1-12-9-15(14-10-13(23)5-6-17(14)26-8-7-22)19-18(24-12)16(11-28-19)20(25)27-21(2,3)4/h5-6,9-11H,7-8H2,1-4H3. The van der Waals surface area contributed by atoms with Crippen molar-refractivity contribution in [2.75, 3.05) is 11.9 Å². The Kier molecular flexibility index (Phi) is 6.32. The van der Waals surface area contributed by atoms with Gasteiger partial charge in [-0.25, -0.2) is 4.79 Å². The average Bonchev–Trinajstić information content (AvgIpc) is 3.02. The number of ether oxygens (including phenoxy) is 2. The summed E-state index contributed by atoms with van der Waals surface area (Å²) in [7, 11) is 0. The number of carbonyl (C=O) groups is 1. The lowest BCUT2D eigenvalue weighted by Crippen LogP contribution is -2.23. The topological polar surface area (TPSA) is 48.4 Å². The Labute approximate surface area is 182 Å². The third-order valence-electron chi connectivity index (χ3n) is 3.84. The second-order valence-electron chi connectivity index (χ2n) is 7.32. The van der Waals surface area contributed by atoms with E-state index >= 15 is 0 Å². The number of benzene rings is 1. The largest absolute Gasteiger partial charge is 0.492 e. The number of rotatable bonds is 5. The van der Waals surface area contributed by atoms with Gasteiger partial charge in [-0.05, 0) is 52.0 Å². The first kappa shape index (κ1) is 21.1. The van der Waals surface area contributed by atoms with Crippen LogP contribution in [0, 0.1) is 6.92 Å². The van der Waals surface area contributed by atoms with Crippen LogP contribution in [0.1, 0.15) is 36.8 Å². The molecule has 4 nitrogen and oxygen atoms in total. The Morgan fingerprint density at radius 2 is 2.00 bits per heavy atom. The van der Waals surface area contributed by atoms with Crippen LogP contribution in [-0.2, 0) is 4.74 Å². The van der Waals surface area contributed by atoms with Gasteiger partial charge >= 0.3 is 5.97 Å². The highest BCUT2D eigenvalue weighted by Crippen LogP contribution is 2.40. The molecule has 0 saturated heterocycles. The van der Waals surface area contributed by atoms with Crippen LogP contribution in [0.15, 0.2) is 29.6 Å². The van der Waals surface area contributed by atoms with Gasteiger partial charge in [0.1, 0.15) is 11.4 Å². The van der Waals surface area contributed by atoms with E-state index in [-0.39, 0.29) is 5.97 Å². The van der Waals surface area contributed by atoms with Gasteiger partial charge < -0.3 is 9.47 Å². The smallest absolute Gasteiger partial charge is 0.341 e. The molecule has 0 bridgehead atoms. The quantitative estimate of drug-likeness (QED) is 0.301. The number of aryl methyl sites for hydroxylation is 1. The molecule has 148 valence electrons. The van der Waals surface area contributed by atoms with Gasteiger partial charge in [0.2, 0.25) is 0 Å². The molecule has 0 saturated carbocycles. The van der Waals surface area contributed by atoms with Crippen LogP contribution in [0.5, 0.6) is 5.75 Å². The fourth-order valence-electron chi connectivity index (χ4n) is 2.80. The molecule has 0 unspecified atom stereocenters. The third-order valence-corrected chi connectivity index (χ3v) is 5.40. The summed E-state index contributed by atoms with van der Waals surface area (Å²) in [5.41, 5.74) is 3.17. The molecule has 0 aliphatic heterocycles. The summed E-state index contributed by atoms with van der Waals surface area (Å²) in [6.45, 7) is 7.99. The van der Waals surface area contributed by atoms with Crippen molar-refractivity contribution in [3.05, 3.63) is 45.9 Å². The van der Waals surface area contributed by atoms with Crippen LogP contribution in [-0.4, -0.2) is 28.5 Å². The Morgan fingerprint density at radius 3 is 2.68 bits per heavy atom. The van der Waals surface area contributed by atoms with Crippen LogP contribution in [0.25, 0.3) is 21.3 Å². The van der Waals surface area contributed by atoms with E-state index in [4.69, 9.17) is 21.1 Å². The number of aromatic nitrogens is 1. The summed E-state index contributed by atoms with van der Waals surface area (Å²) < 4.78 is 12.3. The normalized spacial score (nSPS) is 11.6. The molecule has 0 N–H and O–H groups in total. The number of halogens is 2. The van der Waals surface area contributed by atoms with E-state index in [2.05, 4.69) is 20.9 Å². The van der Waals surface area contributed by atoms with Crippen molar-refractivity contribution in [1.29, 1.82) is 0 Å². The average molecular weight is 483 g/mol. The van der Waals surface area contributed by atoms with Crippen molar-refractivity contribution >= 4 is 55.1 Å². The van der Waals surface area contributed by atoms with Crippen LogP contribution >= 0.6 is 38.9 Å². The maximum atomic E-state index is 12.7. The second kappa shape index (κ2) is 8.39. The molecule has 3 rings (SSSR count). The number of thiophene rings is 1. The monoisotopic (exact) mass is 481 g/mol. The fourth-order valence-corrected chi connectivity index (χ4v) is 4.14. The third kappa shape index (κ3) is 4.67. The van der Waals surface area contributed by atoms with Gasteiger partial charge in [0, 0.05) is 32.6 Å². The van der Waals surface area contributed by atoms with E-state index in [0.717, 1.165) is 32.6 Å². The zero-order valence-corrected chi connectivity index (χ0v) is 19.3. The van der Waals surface area contributed by atoms with Crippen molar-refractivity contribution in [1.82, 2.24) is 4.98 Å². The Balaban J connectivity index is 2.16. The van der Waals surface area contributed by atoms with E-state index in [9.17, 15) is 4.79 Å². The highest BCUT2D eigenvalue weighted by Gasteiger charge is 2.23. The summed E-state index contributed by atoms with van der Waals surface area (Å²) in [5.74, 6) is 0.368. The van der Waals surface area contributed by atoms with Gasteiger partial charge in [0.05, 0.1) is 22.4 Å². The van der Waals surface area contributed by atoms with Crippen molar-refractivity contribution < 1.29 is 14.3 Å². The van der Waals surface area contributed by atoms with Crippen molar-refractivity contribution in [3.8, 4) is 16.9 Å². The fraction of sp³-hybridized carbons (Fsp3) is 0.333. The lowest BCUT2D eigenvalue weighted by atomic mass is 10.0. The van der Waals surface area contributed by atoms with Gasteiger partial charge in [-0.2, -0.15) is 0 Å². The van der Waals surface area contributed by atoms with Gasteiger partial charge in [-0.1, -0.05) is 27.5 Å². The highest BCUT2D eigenvalue weighted by atomic mass is 79.9. The molecule has 0 atom stereocenters. The number of fused-ring (bicyclic) bond motifs is 1. The van der Waals surface area contributed by atoms with Crippen molar-refractivity contribution in [2.45, 2.75) is 33.3 Å². The summed E-state index contributed by atoms with van der Waals surface area (Å²) >= 11 is 11.1. The number of hydrogen-bond donors (Lipinski definition) is 0. The second-order valence-corrected chi connectivity index (χ2v) is 9.43. The molecule has 0 aliphatic carbocycles. The molecule has 0 amide bonds. The molecular weight excluding hydrogens is 462 g/mol. The Morgan fingerprint density at radius 1 is 1.25 bits per heavy atom. The summed E-state index contributed by atoms with van der Waals surface area (Å²) in [6.07, 6.45) is 0. The first-order chi connectivity index (χ1) is 13.2. The summed E-state index contributed by atoms with van der Waals surface area (Å²) in [5, 5.41) is 3.15. The number of esters is 1. The minimum absolute atomic E-state index is 0.371. The highest BCUT2D eigenvalue weighted by molar-refractivity contribution is 9.09. The summed E-state index contributed by atoms with van der Waals surface area (Å²) in [4.78, 5) is 17.3. The Bertz CT molecular complexity index is 1030. The van der Waals surface area contributed by atoms with Crippen LogP contribution in [0.3, 0.4) is 0 Å².